The number of amides is 1. The average Bonchev–Trinajstić information content (AvgIpc) is 2.64. The predicted octanol–water partition coefficient (Wildman–Crippen LogP) is 3.55. The molecule has 0 unspecified atom stereocenters. The molecule has 3 rings (SSSR count). The monoisotopic (exact) mass is 348 g/mol. The molecule has 0 bridgehead atoms. The Kier molecular flexibility index (Phi) is 6.06. The van der Waals surface area contributed by atoms with Crippen LogP contribution in [0.4, 0.5) is 5.69 Å². The van der Waals surface area contributed by atoms with E-state index in [1.165, 1.54) is 0 Å². The van der Waals surface area contributed by atoms with E-state index in [9.17, 15) is 4.79 Å². The van der Waals surface area contributed by atoms with Crippen molar-refractivity contribution in [1.82, 2.24) is 4.90 Å². The summed E-state index contributed by atoms with van der Waals surface area (Å²) in [4.78, 5) is 14.8. The molecule has 1 aromatic rings. The van der Waals surface area contributed by atoms with E-state index in [1.54, 1.807) is 7.11 Å². The van der Waals surface area contributed by atoms with Crippen LogP contribution in [0, 0.1) is 6.92 Å². The van der Waals surface area contributed by atoms with E-state index in [-0.39, 0.29) is 5.91 Å². The topological polar surface area (TPSA) is 41.6 Å². The smallest absolute Gasteiger partial charge is 0.254 e. The second kappa shape index (κ2) is 8.26. The molecule has 4 nitrogen and oxygen atoms in total. The summed E-state index contributed by atoms with van der Waals surface area (Å²) in [6.07, 6.45) is 4.88. The fraction of sp³-hybridized carbons (Fsp3) is 0.632. The minimum Gasteiger partial charge on any atom is -0.382 e. The summed E-state index contributed by atoms with van der Waals surface area (Å²) >= 11 is 1.93. The van der Waals surface area contributed by atoms with Crippen LogP contribution in [0.1, 0.15) is 41.6 Å². The third kappa shape index (κ3) is 4.06. The second-order valence-electron chi connectivity index (χ2n) is 6.74. The van der Waals surface area contributed by atoms with Crippen molar-refractivity contribution < 1.29 is 9.53 Å². The lowest BCUT2D eigenvalue weighted by Crippen LogP contribution is -2.38. The van der Waals surface area contributed by atoms with Gasteiger partial charge in [-0.05, 0) is 50.3 Å². The minimum absolute atomic E-state index is 0.180. The lowest BCUT2D eigenvalue weighted by atomic mass is 9.92. The first kappa shape index (κ1) is 17.6. The summed E-state index contributed by atoms with van der Waals surface area (Å²) in [6, 6.07) is 6.54. The molecule has 132 valence electrons. The summed E-state index contributed by atoms with van der Waals surface area (Å²) in [6.45, 7) is 3.79. The highest BCUT2D eigenvalue weighted by molar-refractivity contribution is 7.99. The van der Waals surface area contributed by atoms with Gasteiger partial charge in [-0.2, -0.15) is 11.8 Å². The van der Waals surface area contributed by atoms with E-state index in [0.29, 0.717) is 12.1 Å². The molecule has 2 fully saturated rings. The number of hydrogen-bond acceptors (Lipinski definition) is 4. The van der Waals surface area contributed by atoms with Crippen LogP contribution < -0.4 is 5.32 Å². The largest absolute Gasteiger partial charge is 0.382 e. The maximum atomic E-state index is 12.8. The van der Waals surface area contributed by atoms with Crippen LogP contribution in [-0.4, -0.2) is 54.7 Å². The molecule has 1 saturated carbocycles. The average molecular weight is 349 g/mol. The molecule has 1 heterocycles. The zero-order chi connectivity index (χ0) is 16.9. The number of carbonyl (C=O) groups excluding carboxylic acids is 1. The summed E-state index contributed by atoms with van der Waals surface area (Å²) in [7, 11) is 1.80. The van der Waals surface area contributed by atoms with Crippen molar-refractivity contribution in [3.63, 3.8) is 0 Å². The van der Waals surface area contributed by atoms with Gasteiger partial charge in [0.15, 0.2) is 0 Å². The number of anilines is 1. The molecule has 2 aliphatic rings. The van der Waals surface area contributed by atoms with Gasteiger partial charge in [-0.15, -0.1) is 0 Å². The molecular weight excluding hydrogens is 320 g/mol. The molecular formula is C19H28N2O2S. The van der Waals surface area contributed by atoms with Gasteiger partial charge in [-0.1, -0.05) is 6.07 Å². The first-order chi connectivity index (χ1) is 11.7. The van der Waals surface area contributed by atoms with Gasteiger partial charge >= 0.3 is 0 Å². The van der Waals surface area contributed by atoms with Crippen molar-refractivity contribution in [3.8, 4) is 0 Å². The molecule has 1 saturated heterocycles. The van der Waals surface area contributed by atoms with E-state index in [0.717, 1.165) is 67.1 Å². The first-order valence-corrected chi connectivity index (χ1v) is 10.1. The number of thioether (sulfide) groups is 1. The fourth-order valence-corrected chi connectivity index (χ4v) is 4.53. The number of methoxy groups -OCH3 is 1. The van der Waals surface area contributed by atoms with Gasteiger partial charge in [0.2, 0.25) is 0 Å². The second-order valence-corrected chi connectivity index (χ2v) is 7.96. The Balaban J connectivity index is 1.68. The van der Waals surface area contributed by atoms with Gasteiger partial charge in [0.05, 0.1) is 6.10 Å². The number of nitrogens with one attached hydrogen (secondary N) is 1. The maximum Gasteiger partial charge on any atom is 0.254 e. The Labute approximate surface area is 149 Å². The quantitative estimate of drug-likeness (QED) is 0.903. The van der Waals surface area contributed by atoms with E-state index in [2.05, 4.69) is 18.3 Å². The summed E-state index contributed by atoms with van der Waals surface area (Å²) in [5, 5.41) is 3.66. The zero-order valence-electron chi connectivity index (χ0n) is 14.7. The number of ether oxygens (including phenoxy) is 1. The van der Waals surface area contributed by atoms with Crippen molar-refractivity contribution in [2.24, 2.45) is 0 Å². The third-order valence-electron chi connectivity index (χ3n) is 5.23. The lowest BCUT2D eigenvalue weighted by molar-refractivity contribution is 0.0682. The highest BCUT2D eigenvalue weighted by Crippen LogP contribution is 2.27. The van der Waals surface area contributed by atoms with Crippen molar-refractivity contribution in [1.29, 1.82) is 0 Å². The van der Waals surface area contributed by atoms with Crippen LogP contribution in [0.3, 0.4) is 0 Å². The molecule has 0 radical (unpaired) electrons. The van der Waals surface area contributed by atoms with E-state index in [1.807, 2.05) is 28.8 Å². The van der Waals surface area contributed by atoms with E-state index >= 15 is 0 Å². The van der Waals surface area contributed by atoms with Gasteiger partial charge in [-0.25, -0.2) is 0 Å². The molecule has 5 heteroatoms. The van der Waals surface area contributed by atoms with Gasteiger partial charge in [-0.3, -0.25) is 4.79 Å². The summed E-state index contributed by atoms with van der Waals surface area (Å²) < 4.78 is 5.45. The van der Waals surface area contributed by atoms with Crippen LogP contribution in [0.2, 0.25) is 0 Å². The van der Waals surface area contributed by atoms with Gasteiger partial charge < -0.3 is 15.0 Å². The van der Waals surface area contributed by atoms with Crippen molar-refractivity contribution in [2.75, 3.05) is 37.0 Å². The molecule has 1 amide bonds. The van der Waals surface area contributed by atoms with Crippen molar-refractivity contribution in [3.05, 3.63) is 29.3 Å². The number of benzene rings is 1. The lowest BCUT2D eigenvalue weighted by Gasteiger charge is -2.30. The molecule has 1 aliphatic heterocycles. The van der Waals surface area contributed by atoms with Gasteiger partial charge in [0.1, 0.15) is 0 Å². The number of carbonyl (C=O) groups is 1. The molecule has 1 aliphatic carbocycles. The highest BCUT2D eigenvalue weighted by atomic mass is 32.2. The number of hydrogen-bond donors (Lipinski definition) is 1. The van der Waals surface area contributed by atoms with Gasteiger partial charge in [0, 0.05) is 49.0 Å². The Morgan fingerprint density at radius 1 is 1.21 bits per heavy atom. The van der Waals surface area contributed by atoms with Crippen LogP contribution in [0.5, 0.6) is 0 Å². The molecule has 1 aromatic carbocycles. The Bertz CT molecular complexity index is 564. The maximum absolute atomic E-state index is 12.8. The molecule has 0 spiro atoms. The third-order valence-corrected chi connectivity index (χ3v) is 6.17. The van der Waals surface area contributed by atoms with Crippen LogP contribution >= 0.6 is 11.8 Å². The Hall–Kier alpha value is -1.20. The van der Waals surface area contributed by atoms with Crippen LogP contribution in [0.15, 0.2) is 18.2 Å². The molecule has 24 heavy (non-hydrogen) atoms. The summed E-state index contributed by atoms with van der Waals surface area (Å²) in [5.74, 6) is 2.27. The van der Waals surface area contributed by atoms with Crippen LogP contribution in [-0.2, 0) is 4.74 Å². The fourth-order valence-electron chi connectivity index (χ4n) is 3.62. The van der Waals surface area contributed by atoms with Gasteiger partial charge in [0.25, 0.3) is 5.91 Å². The van der Waals surface area contributed by atoms with E-state index < -0.39 is 0 Å². The molecule has 1 N–H and O–H groups in total. The molecule has 0 atom stereocenters. The normalized spacial score (nSPS) is 24.7. The number of nitrogens with zero attached hydrogens (tertiary/aromatic N) is 1. The number of rotatable bonds is 4. The standard InChI is InChI=1S/C19H28N2O2S/c1-14-17(19(22)21-10-12-24-13-11-21)4-3-5-18(14)20-15-6-8-16(23-2)9-7-15/h3-5,15-16,20H,6-13H2,1-2H3. The SMILES string of the molecule is COC1CCC(Nc2cccc(C(=O)N3CCSCC3)c2C)CC1. The Morgan fingerprint density at radius 3 is 2.58 bits per heavy atom. The van der Waals surface area contributed by atoms with Crippen molar-refractivity contribution in [2.45, 2.75) is 44.8 Å². The van der Waals surface area contributed by atoms with Crippen LogP contribution in [0.25, 0.3) is 0 Å². The predicted molar refractivity (Wildman–Crippen MR) is 101 cm³/mol. The first-order valence-electron chi connectivity index (χ1n) is 8.95. The summed E-state index contributed by atoms with van der Waals surface area (Å²) in [5.41, 5.74) is 3.03. The van der Waals surface area contributed by atoms with Crippen molar-refractivity contribution >= 4 is 23.4 Å². The van der Waals surface area contributed by atoms with E-state index in [4.69, 9.17) is 4.74 Å². The zero-order valence-corrected chi connectivity index (χ0v) is 15.5. The highest BCUT2D eigenvalue weighted by Gasteiger charge is 2.23. The molecule has 0 aromatic heterocycles. The Morgan fingerprint density at radius 2 is 1.92 bits per heavy atom. The minimum atomic E-state index is 0.180.